The van der Waals surface area contributed by atoms with Crippen molar-refractivity contribution in [3.05, 3.63) is 175 Å². The molecule has 67 heavy (non-hydrogen) atoms. The van der Waals surface area contributed by atoms with Crippen molar-refractivity contribution in [3.63, 3.8) is 0 Å². The van der Waals surface area contributed by atoms with Gasteiger partial charge in [0.2, 0.25) is 0 Å². The molecule has 6 aliphatic carbocycles. The maximum Gasteiger partial charge on any atom is 0.197 e. The molecule has 0 N–H and O–H groups in total. The Kier molecular flexibility index (Phi) is 7.87. The van der Waals surface area contributed by atoms with Gasteiger partial charge in [-0.05, 0) is 164 Å². The topological polar surface area (TPSA) is 68.3 Å². The van der Waals surface area contributed by atoms with Crippen LogP contribution in [0.2, 0.25) is 0 Å². The molecule has 0 unspecified atom stereocenters. The van der Waals surface area contributed by atoms with Crippen LogP contribution in [0.5, 0.6) is 0 Å². The lowest BCUT2D eigenvalue weighted by atomic mass is 9.67. The molecule has 6 aliphatic rings. The molecule has 7 heteroatoms. The summed E-state index contributed by atoms with van der Waals surface area (Å²) in [6, 6.07) is 32.6. The molecule has 0 amide bonds. The minimum Gasteiger partial charge on any atom is -0.288 e. The fourth-order valence-corrected chi connectivity index (χ4v) is 18.1. The number of hydrogen-bond acceptors (Lipinski definition) is 7. The molecule has 0 aliphatic heterocycles. The van der Waals surface area contributed by atoms with Crippen molar-refractivity contribution in [2.45, 2.75) is 75.0 Å². The van der Waals surface area contributed by atoms with Crippen LogP contribution in [-0.4, -0.2) is 23.1 Å². The maximum absolute atomic E-state index is 14.3. The van der Waals surface area contributed by atoms with Crippen LogP contribution in [0.4, 0.5) is 0 Å². The van der Waals surface area contributed by atoms with E-state index in [0.717, 1.165) is 106 Å². The van der Waals surface area contributed by atoms with Crippen LogP contribution in [0.15, 0.2) is 132 Å². The van der Waals surface area contributed by atoms with Gasteiger partial charge in [0.25, 0.3) is 0 Å². The first-order valence-electron chi connectivity index (χ1n) is 23.8. The molecular formula is C60H40O4S3. The molecule has 0 saturated heterocycles. The first-order chi connectivity index (χ1) is 32.8. The molecule has 15 rings (SSSR count). The summed E-state index contributed by atoms with van der Waals surface area (Å²) in [6.07, 6.45) is 19.4. The molecular weight excluding hydrogens is 881 g/mol. The molecule has 0 bridgehead atoms. The number of fused-ring (bicyclic) bond motifs is 15. The van der Waals surface area contributed by atoms with E-state index in [1.165, 1.54) is 52.5 Å². The maximum atomic E-state index is 14.3. The van der Waals surface area contributed by atoms with Gasteiger partial charge < -0.3 is 0 Å². The Morgan fingerprint density at radius 1 is 0.373 bits per heavy atom. The average Bonchev–Trinajstić information content (AvgIpc) is 4.18. The second kappa shape index (κ2) is 13.6. The minimum absolute atomic E-state index is 0.169. The van der Waals surface area contributed by atoms with Gasteiger partial charge in [-0.25, -0.2) is 0 Å². The quantitative estimate of drug-likeness (QED) is 0.0984. The van der Waals surface area contributed by atoms with Crippen LogP contribution < -0.4 is 0 Å². The van der Waals surface area contributed by atoms with E-state index in [2.05, 4.69) is 60.7 Å². The van der Waals surface area contributed by atoms with E-state index in [-0.39, 0.29) is 34.0 Å². The van der Waals surface area contributed by atoms with Gasteiger partial charge in [-0.3, -0.25) is 19.2 Å². The van der Waals surface area contributed by atoms with Crippen LogP contribution in [-0.2, 0) is 10.8 Å². The summed E-state index contributed by atoms with van der Waals surface area (Å²) in [7, 11) is 0. The first kappa shape index (κ1) is 38.7. The predicted molar refractivity (Wildman–Crippen MR) is 277 cm³/mol. The smallest absolute Gasteiger partial charge is 0.197 e. The van der Waals surface area contributed by atoms with Crippen molar-refractivity contribution in [1.82, 2.24) is 0 Å². The van der Waals surface area contributed by atoms with E-state index >= 15 is 0 Å². The molecule has 2 fully saturated rings. The van der Waals surface area contributed by atoms with Gasteiger partial charge in [0.15, 0.2) is 23.1 Å². The fraction of sp³-hybridized carbons (Fsp3) is 0.200. The normalized spacial score (nSPS) is 19.2. The van der Waals surface area contributed by atoms with E-state index in [4.69, 9.17) is 0 Å². The molecule has 6 aromatic carbocycles. The Balaban J connectivity index is 0.822. The molecule has 4 nitrogen and oxygen atoms in total. The molecule has 3 heterocycles. The molecule has 322 valence electrons. The highest BCUT2D eigenvalue weighted by Gasteiger charge is 2.49. The number of benzene rings is 6. The van der Waals surface area contributed by atoms with Crippen molar-refractivity contribution >= 4 is 131 Å². The van der Waals surface area contributed by atoms with Crippen molar-refractivity contribution in [2.24, 2.45) is 0 Å². The number of thiophene rings is 3. The SMILES string of the molecule is O=C1C(=CC2=Cc3sc4c(sc5c6c(sc54)C=C(C=C4C(=O)c5cc7cc8ccccc8cc7cc5C4=O)C64CCCCC4)c3C23CCCCC3)C(=O)c2cc3cc4ccccc4cc3cc21. The summed E-state index contributed by atoms with van der Waals surface area (Å²) >= 11 is 5.70. The standard InChI is InChI=1S/C60H40O4S3/c61-51-41-23-35-19-31-11-3-4-12-32(31)20-36(35)24-42(41)52(62)45(51)27-39-29-47-49(59(39)15-7-1-8-16-59)55-57(65-47)58-56(67-55)50-48(66-58)30-40(60(50)17-9-2-10-18-60)28-46-53(63)43-25-37-21-33-13-5-6-14-34(33)22-38(37)26-44(43)54(46)64/h3-6,11-14,19-30H,1-2,7-10,15-18H2. The molecule has 2 spiro atoms. The third-order valence-electron chi connectivity index (χ3n) is 16.5. The highest BCUT2D eigenvalue weighted by Crippen LogP contribution is 2.64. The number of carbonyl (C=O) groups is 4. The summed E-state index contributed by atoms with van der Waals surface area (Å²) in [5.41, 5.74) is 7.15. The van der Waals surface area contributed by atoms with Crippen molar-refractivity contribution in [2.75, 3.05) is 0 Å². The molecule has 2 saturated carbocycles. The van der Waals surface area contributed by atoms with E-state index in [1.807, 2.05) is 94.7 Å². The first-order valence-corrected chi connectivity index (χ1v) is 26.2. The summed E-state index contributed by atoms with van der Waals surface area (Å²) in [5.74, 6) is -0.676. The second-order valence-electron chi connectivity index (χ2n) is 19.9. The Morgan fingerprint density at radius 3 is 1.03 bits per heavy atom. The van der Waals surface area contributed by atoms with Gasteiger partial charge in [0.05, 0.1) is 29.9 Å². The largest absolute Gasteiger partial charge is 0.288 e. The molecule has 0 atom stereocenters. The van der Waals surface area contributed by atoms with E-state index in [1.54, 1.807) is 0 Å². The Morgan fingerprint density at radius 2 is 0.701 bits per heavy atom. The highest BCUT2D eigenvalue weighted by atomic mass is 32.1. The van der Waals surface area contributed by atoms with Crippen molar-refractivity contribution in [1.29, 1.82) is 0 Å². The number of carbonyl (C=O) groups excluding carboxylic acids is 4. The summed E-state index contributed by atoms with van der Waals surface area (Å²) < 4.78 is 5.42. The minimum atomic E-state index is -0.251. The zero-order valence-electron chi connectivity index (χ0n) is 36.5. The lowest BCUT2D eigenvalue weighted by Crippen LogP contribution is -2.29. The molecule has 9 aromatic rings. The van der Waals surface area contributed by atoms with Crippen molar-refractivity contribution in [3.8, 4) is 0 Å². The average molecular weight is 921 g/mol. The van der Waals surface area contributed by atoms with Crippen LogP contribution in [0.1, 0.15) is 127 Å². The molecule has 0 radical (unpaired) electrons. The van der Waals surface area contributed by atoms with Crippen LogP contribution in [0.25, 0.3) is 74.0 Å². The van der Waals surface area contributed by atoms with E-state index in [9.17, 15) is 19.2 Å². The molecule has 3 aromatic heterocycles. The number of Topliss-reactive ketones (excluding diaryl/α,β-unsaturated/α-hetero) is 4. The summed E-state index contributed by atoms with van der Waals surface area (Å²) in [6.45, 7) is 0. The van der Waals surface area contributed by atoms with Gasteiger partial charge >= 0.3 is 0 Å². The van der Waals surface area contributed by atoms with Crippen LogP contribution in [0.3, 0.4) is 0 Å². The third-order valence-corrected chi connectivity index (χ3v) is 20.4. The number of ketones is 4. The van der Waals surface area contributed by atoms with Crippen LogP contribution in [0, 0.1) is 0 Å². The zero-order valence-corrected chi connectivity index (χ0v) is 38.9. The van der Waals surface area contributed by atoms with Gasteiger partial charge in [-0.1, -0.05) is 87.1 Å². The second-order valence-corrected chi connectivity index (χ2v) is 23.0. The monoisotopic (exact) mass is 920 g/mol. The number of rotatable bonds is 2. The third kappa shape index (κ3) is 5.17. The Bertz CT molecular complexity index is 3600. The predicted octanol–water partition coefficient (Wildman–Crippen LogP) is 16.0. The van der Waals surface area contributed by atoms with Crippen molar-refractivity contribution < 1.29 is 19.2 Å². The van der Waals surface area contributed by atoms with Gasteiger partial charge in [-0.15, -0.1) is 34.0 Å². The van der Waals surface area contributed by atoms with Gasteiger partial charge in [-0.2, -0.15) is 0 Å². The van der Waals surface area contributed by atoms with Gasteiger partial charge in [0, 0.05) is 42.8 Å². The zero-order chi connectivity index (χ0) is 44.5. The fourth-order valence-electron chi connectivity index (χ4n) is 13.3. The van der Waals surface area contributed by atoms with Crippen LogP contribution >= 0.6 is 34.0 Å². The van der Waals surface area contributed by atoms with E-state index in [0.29, 0.717) is 33.4 Å². The number of allylic oxidation sites excluding steroid dienone is 6. The lowest BCUT2D eigenvalue weighted by molar-refractivity contribution is 0.0973. The lowest BCUT2D eigenvalue weighted by Gasteiger charge is -2.37. The van der Waals surface area contributed by atoms with Gasteiger partial charge in [0.1, 0.15) is 0 Å². The Labute approximate surface area is 397 Å². The summed E-state index contributed by atoms with van der Waals surface area (Å²) in [4.78, 5) is 59.7. The van der Waals surface area contributed by atoms with E-state index < -0.39 is 0 Å². The Hall–Kier alpha value is -6.38. The highest BCUT2D eigenvalue weighted by molar-refractivity contribution is 7.39. The summed E-state index contributed by atoms with van der Waals surface area (Å²) in [5, 5.41) is 8.35. The number of hydrogen-bond donors (Lipinski definition) is 0.